The largest absolute Gasteiger partial charge is 0.409 e. The van der Waals surface area contributed by atoms with E-state index in [1.165, 1.54) is 0 Å². The van der Waals surface area contributed by atoms with Gasteiger partial charge in [-0.25, -0.2) is 0 Å². The summed E-state index contributed by atoms with van der Waals surface area (Å²) in [7, 11) is 0. The molecule has 0 fully saturated rings. The summed E-state index contributed by atoms with van der Waals surface area (Å²) < 4.78 is 0. The topological polar surface area (TPSA) is 87.7 Å². The lowest BCUT2D eigenvalue weighted by molar-refractivity contribution is -0.127. The Balaban J connectivity index is 2.93. The van der Waals surface area contributed by atoms with Crippen molar-refractivity contribution in [2.45, 2.75) is 33.2 Å². The van der Waals surface area contributed by atoms with Gasteiger partial charge in [-0.1, -0.05) is 41.9 Å². The van der Waals surface area contributed by atoms with Gasteiger partial charge in [0.1, 0.15) is 5.41 Å². The quantitative estimate of drug-likeness (QED) is 0.338. The molecule has 0 spiro atoms. The number of rotatable bonds is 5. The molecule has 0 aromatic heterocycles. The van der Waals surface area contributed by atoms with Gasteiger partial charge in [0.05, 0.1) is 6.04 Å². The number of nitrogens with zero attached hydrogens (tertiary/aromatic N) is 1. The van der Waals surface area contributed by atoms with Crippen LogP contribution in [0.15, 0.2) is 29.4 Å². The number of hydrogen-bond acceptors (Lipinski definition) is 3. The van der Waals surface area contributed by atoms with E-state index >= 15 is 0 Å². The van der Waals surface area contributed by atoms with Crippen LogP contribution in [0.4, 0.5) is 0 Å². The lowest BCUT2D eigenvalue weighted by Crippen LogP contribution is -2.48. The predicted octanol–water partition coefficient (Wildman–Crippen LogP) is 2.68. The third-order valence-electron chi connectivity index (χ3n) is 3.60. The molecular formula is C14H20ClN3O2. The van der Waals surface area contributed by atoms with Crippen LogP contribution in [0, 0.1) is 5.41 Å². The van der Waals surface area contributed by atoms with Gasteiger partial charge in [-0.2, -0.15) is 0 Å². The summed E-state index contributed by atoms with van der Waals surface area (Å²) in [5.41, 5.74) is 5.39. The average Bonchev–Trinajstić information content (AvgIpc) is 2.45. The molecule has 0 aliphatic heterocycles. The van der Waals surface area contributed by atoms with Crippen LogP contribution in [0.1, 0.15) is 38.8 Å². The fraction of sp³-hybridized carbons (Fsp3) is 0.429. The van der Waals surface area contributed by atoms with Gasteiger partial charge in [0.15, 0.2) is 5.84 Å². The molecule has 0 saturated carbocycles. The van der Waals surface area contributed by atoms with Gasteiger partial charge in [-0.05, 0) is 31.9 Å². The van der Waals surface area contributed by atoms with Crippen molar-refractivity contribution in [2.75, 3.05) is 0 Å². The van der Waals surface area contributed by atoms with Crippen molar-refractivity contribution in [3.05, 3.63) is 34.9 Å². The molecule has 5 nitrogen and oxygen atoms in total. The molecule has 1 aromatic carbocycles. The second kappa shape index (κ2) is 6.61. The number of nitrogens with two attached hydrogens (primary N) is 1. The Hall–Kier alpha value is -1.75. The van der Waals surface area contributed by atoms with Crippen molar-refractivity contribution in [1.82, 2.24) is 5.32 Å². The van der Waals surface area contributed by atoms with Crippen molar-refractivity contribution in [3.8, 4) is 0 Å². The summed E-state index contributed by atoms with van der Waals surface area (Å²) >= 11 is 6.10. The molecule has 0 bridgehead atoms. The highest BCUT2D eigenvalue weighted by Crippen LogP contribution is 2.26. The van der Waals surface area contributed by atoms with E-state index in [-0.39, 0.29) is 17.8 Å². The van der Waals surface area contributed by atoms with Gasteiger partial charge in [0.25, 0.3) is 0 Å². The van der Waals surface area contributed by atoms with Gasteiger partial charge < -0.3 is 16.3 Å². The third-order valence-corrected chi connectivity index (χ3v) is 3.94. The molecule has 1 amide bonds. The van der Waals surface area contributed by atoms with Crippen LogP contribution in [0.5, 0.6) is 0 Å². The van der Waals surface area contributed by atoms with E-state index in [1.54, 1.807) is 19.9 Å². The van der Waals surface area contributed by atoms with Crippen LogP contribution in [-0.4, -0.2) is 17.0 Å². The van der Waals surface area contributed by atoms with E-state index in [4.69, 9.17) is 22.5 Å². The molecule has 0 radical (unpaired) electrons. The molecule has 4 N–H and O–H groups in total. The van der Waals surface area contributed by atoms with Crippen LogP contribution >= 0.6 is 11.6 Å². The summed E-state index contributed by atoms with van der Waals surface area (Å²) in [5, 5.41) is 15.2. The molecule has 1 aromatic rings. The van der Waals surface area contributed by atoms with Gasteiger partial charge in [-0.3, -0.25) is 4.79 Å². The minimum Gasteiger partial charge on any atom is -0.409 e. The van der Waals surface area contributed by atoms with E-state index in [0.717, 1.165) is 5.56 Å². The molecule has 2 atom stereocenters. The highest BCUT2D eigenvalue weighted by atomic mass is 35.5. The summed E-state index contributed by atoms with van der Waals surface area (Å²) in [4.78, 5) is 12.4. The van der Waals surface area contributed by atoms with Crippen LogP contribution in [0.25, 0.3) is 0 Å². The Morgan fingerprint density at radius 2 is 2.15 bits per heavy atom. The van der Waals surface area contributed by atoms with Crippen LogP contribution in [0.3, 0.4) is 0 Å². The number of amidine groups is 1. The number of carbonyl (C=O) groups excluding carboxylic acids is 1. The van der Waals surface area contributed by atoms with Crippen LogP contribution in [0.2, 0.25) is 5.02 Å². The lowest BCUT2D eigenvalue weighted by atomic mass is 9.84. The maximum Gasteiger partial charge on any atom is 0.234 e. The summed E-state index contributed by atoms with van der Waals surface area (Å²) in [6.07, 6.45) is 0.421. The highest BCUT2D eigenvalue weighted by Gasteiger charge is 2.37. The van der Waals surface area contributed by atoms with E-state index < -0.39 is 5.41 Å². The summed E-state index contributed by atoms with van der Waals surface area (Å²) in [6.45, 7) is 5.27. The van der Waals surface area contributed by atoms with E-state index in [9.17, 15) is 4.79 Å². The van der Waals surface area contributed by atoms with Gasteiger partial charge >= 0.3 is 0 Å². The monoisotopic (exact) mass is 297 g/mol. The van der Waals surface area contributed by atoms with E-state index in [1.807, 2.05) is 25.1 Å². The Kier molecular flexibility index (Phi) is 5.39. The van der Waals surface area contributed by atoms with Crippen LogP contribution in [-0.2, 0) is 4.79 Å². The number of amides is 1. The molecular weight excluding hydrogens is 278 g/mol. The van der Waals surface area contributed by atoms with Crippen molar-refractivity contribution < 1.29 is 10.0 Å². The number of nitrogens with one attached hydrogen (secondary N) is 1. The van der Waals surface area contributed by atoms with Crippen LogP contribution < -0.4 is 11.1 Å². The second-order valence-electron chi connectivity index (χ2n) is 4.89. The molecule has 2 unspecified atom stereocenters. The standard InChI is InChI=1S/C14H20ClN3O2/c1-4-14(3,12(16)18-20)13(19)17-9(2)10-7-5-6-8-11(10)15/h5-9,20H,4H2,1-3H3,(H2,16,18)(H,17,19). The zero-order chi connectivity index (χ0) is 15.3. The SMILES string of the molecule is CCC(C)(C(=O)NC(C)c1ccccc1Cl)/C(N)=N/O. The van der Waals surface area contributed by atoms with Gasteiger partial charge in [0, 0.05) is 5.02 Å². The van der Waals surface area contributed by atoms with E-state index in [2.05, 4.69) is 10.5 Å². The number of hydrogen-bond donors (Lipinski definition) is 3. The first-order valence-corrected chi connectivity index (χ1v) is 6.78. The molecule has 1 rings (SSSR count). The maximum absolute atomic E-state index is 12.4. The second-order valence-corrected chi connectivity index (χ2v) is 5.29. The zero-order valence-electron chi connectivity index (χ0n) is 11.9. The van der Waals surface area contributed by atoms with Crippen molar-refractivity contribution >= 4 is 23.3 Å². The summed E-state index contributed by atoms with van der Waals surface area (Å²) in [6, 6.07) is 7.02. The minimum absolute atomic E-state index is 0.108. The van der Waals surface area contributed by atoms with Gasteiger partial charge in [0.2, 0.25) is 5.91 Å². The number of halogens is 1. The zero-order valence-corrected chi connectivity index (χ0v) is 12.6. The maximum atomic E-state index is 12.4. The van der Waals surface area contributed by atoms with Crippen molar-refractivity contribution in [3.63, 3.8) is 0 Å². The normalized spacial score (nSPS) is 16.3. The Bertz CT molecular complexity index is 519. The Morgan fingerprint density at radius 3 is 2.65 bits per heavy atom. The fourth-order valence-electron chi connectivity index (χ4n) is 1.83. The first-order valence-electron chi connectivity index (χ1n) is 6.40. The molecule has 0 aliphatic carbocycles. The highest BCUT2D eigenvalue weighted by molar-refractivity contribution is 6.31. The smallest absolute Gasteiger partial charge is 0.234 e. The molecule has 0 heterocycles. The lowest BCUT2D eigenvalue weighted by Gasteiger charge is -2.27. The third kappa shape index (κ3) is 3.22. The van der Waals surface area contributed by atoms with Crippen molar-refractivity contribution in [1.29, 1.82) is 0 Å². The first kappa shape index (κ1) is 16.3. The molecule has 20 heavy (non-hydrogen) atoms. The summed E-state index contributed by atoms with van der Waals surface area (Å²) in [5.74, 6) is -0.411. The minimum atomic E-state index is -1.05. The number of carbonyl (C=O) groups is 1. The Labute approximate surface area is 123 Å². The average molecular weight is 298 g/mol. The first-order chi connectivity index (χ1) is 9.36. The molecule has 0 aliphatic rings. The Morgan fingerprint density at radius 1 is 1.55 bits per heavy atom. The molecule has 6 heteroatoms. The fourth-order valence-corrected chi connectivity index (χ4v) is 2.13. The number of oxime groups is 1. The molecule has 0 saturated heterocycles. The van der Waals surface area contributed by atoms with E-state index in [0.29, 0.717) is 11.4 Å². The predicted molar refractivity (Wildman–Crippen MR) is 79.8 cm³/mol. The van der Waals surface area contributed by atoms with Crippen molar-refractivity contribution in [2.24, 2.45) is 16.3 Å². The number of benzene rings is 1. The van der Waals surface area contributed by atoms with Gasteiger partial charge in [-0.15, -0.1) is 0 Å². The molecule has 110 valence electrons.